The van der Waals surface area contributed by atoms with Crippen LogP contribution in [-0.4, -0.2) is 19.0 Å². The molecule has 0 fully saturated rings. The summed E-state index contributed by atoms with van der Waals surface area (Å²) < 4.78 is 43.1. The van der Waals surface area contributed by atoms with E-state index in [4.69, 9.17) is 4.74 Å². The third kappa shape index (κ3) is 4.48. The van der Waals surface area contributed by atoms with Crippen molar-refractivity contribution in [2.24, 2.45) is 4.99 Å². The summed E-state index contributed by atoms with van der Waals surface area (Å²) in [6, 6.07) is 11.9. The van der Waals surface area contributed by atoms with E-state index in [0.717, 1.165) is 49.1 Å². The fourth-order valence-electron chi connectivity index (χ4n) is 3.12. The Kier molecular flexibility index (Phi) is 5.48. The molecule has 0 aromatic heterocycles. The lowest BCUT2D eigenvalue weighted by molar-refractivity contribution is -0.137. The Morgan fingerprint density at radius 1 is 1.15 bits per heavy atom. The van der Waals surface area contributed by atoms with Gasteiger partial charge in [0.1, 0.15) is 0 Å². The minimum Gasteiger partial charge on any atom is -0.468 e. The number of hydrogen-bond acceptors (Lipinski definition) is 3. The van der Waals surface area contributed by atoms with Crippen molar-refractivity contribution in [3.8, 4) is 0 Å². The zero-order chi connectivity index (χ0) is 19.4. The maximum Gasteiger partial charge on any atom is 0.416 e. The molecule has 142 valence electrons. The summed E-state index contributed by atoms with van der Waals surface area (Å²) in [7, 11) is 1.39. The number of carbonyl (C=O) groups is 1. The van der Waals surface area contributed by atoms with Crippen LogP contribution in [0.25, 0.3) is 0 Å². The number of aryl methyl sites for hydroxylation is 1. The van der Waals surface area contributed by atoms with Crippen LogP contribution in [0.1, 0.15) is 45.9 Å². The van der Waals surface area contributed by atoms with Gasteiger partial charge >= 0.3 is 6.18 Å². The van der Waals surface area contributed by atoms with E-state index >= 15 is 0 Å². The number of alkyl halides is 3. The molecule has 1 aliphatic rings. The average Bonchev–Trinajstić information content (AvgIpc) is 2.67. The van der Waals surface area contributed by atoms with Crippen molar-refractivity contribution in [1.82, 2.24) is 5.32 Å². The van der Waals surface area contributed by atoms with Crippen molar-refractivity contribution < 1.29 is 22.7 Å². The summed E-state index contributed by atoms with van der Waals surface area (Å²) in [6.45, 7) is 0. The molecule has 1 atom stereocenters. The smallest absolute Gasteiger partial charge is 0.416 e. The van der Waals surface area contributed by atoms with Crippen LogP contribution in [0.3, 0.4) is 0 Å². The first-order valence-electron chi connectivity index (χ1n) is 8.56. The van der Waals surface area contributed by atoms with Gasteiger partial charge in [0.05, 0.1) is 18.7 Å². The second kappa shape index (κ2) is 7.82. The Bertz CT molecular complexity index is 845. The normalized spacial score (nSPS) is 17.2. The average molecular weight is 376 g/mol. The number of amidine groups is 1. The highest BCUT2D eigenvalue weighted by atomic mass is 19.4. The molecule has 0 spiro atoms. The highest BCUT2D eigenvalue weighted by Crippen LogP contribution is 2.32. The summed E-state index contributed by atoms with van der Waals surface area (Å²) in [6.07, 6.45) is -1.64. The zero-order valence-corrected chi connectivity index (χ0v) is 14.7. The molecule has 1 aliphatic carbocycles. The standard InChI is InChI=1S/C20H19F3N2O2/c1-27-19(24-17-8-4-6-13-5-2-3-7-16(13)17)25-18(26)14-9-11-15(12-10-14)20(21,22)23/h2-3,5,7,9-12,17H,4,6,8H2,1H3,(H,24,25,26)/t17-/m0/s1. The number of hydrogen-bond donors (Lipinski definition) is 1. The van der Waals surface area contributed by atoms with Gasteiger partial charge in [0.15, 0.2) is 0 Å². The minimum absolute atomic E-state index is 0.0431. The lowest BCUT2D eigenvalue weighted by Gasteiger charge is -2.23. The first-order chi connectivity index (χ1) is 12.9. The second-order valence-corrected chi connectivity index (χ2v) is 6.27. The second-order valence-electron chi connectivity index (χ2n) is 6.27. The van der Waals surface area contributed by atoms with Crippen LogP contribution >= 0.6 is 0 Å². The van der Waals surface area contributed by atoms with E-state index in [1.165, 1.54) is 12.7 Å². The van der Waals surface area contributed by atoms with E-state index < -0.39 is 17.6 Å². The third-order valence-corrected chi connectivity index (χ3v) is 4.50. The van der Waals surface area contributed by atoms with Crippen LogP contribution in [0.2, 0.25) is 0 Å². The molecule has 0 saturated heterocycles. The Balaban J connectivity index is 1.75. The molecule has 3 rings (SSSR count). The van der Waals surface area contributed by atoms with Crippen molar-refractivity contribution in [3.05, 3.63) is 70.8 Å². The number of rotatable bonds is 2. The van der Waals surface area contributed by atoms with Gasteiger partial charge in [-0.3, -0.25) is 10.1 Å². The summed E-state index contributed by atoms with van der Waals surface area (Å²) in [5.41, 5.74) is 1.61. The van der Waals surface area contributed by atoms with Crippen LogP contribution in [0.4, 0.5) is 13.2 Å². The highest BCUT2D eigenvalue weighted by Gasteiger charge is 2.30. The monoisotopic (exact) mass is 376 g/mol. The topological polar surface area (TPSA) is 50.7 Å². The van der Waals surface area contributed by atoms with Gasteiger partial charge in [0.25, 0.3) is 11.9 Å². The van der Waals surface area contributed by atoms with Crippen LogP contribution in [0.5, 0.6) is 0 Å². The number of carbonyl (C=O) groups excluding carboxylic acids is 1. The lowest BCUT2D eigenvalue weighted by atomic mass is 9.88. The van der Waals surface area contributed by atoms with Gasteiger partial charge in [0, 0.05) is 5.56 Å². The lowest BCUT2D eigenvalue weighted by Crippen LogP contribution is -2.32. The molecule has 7 heteroatoms. The maximum atomic E-state index is 12.6. The van der Waals surface area contributed by atoms with Gasteiger partial charge in [-0.15, -0.1) is 0 Å². The van der Waals surface area contributed by atoms with Crippen LogP contribution < -0.4 is 5.32 Å². The van der Waals surface area contributed by atoms with Gasteiger partial charge in [-0.2, -0.15) is 13.2 Å². The molecule has 0 aliphatic heterocycles. The van der Waals surface area contributed by atoms with Crippen molar-refractivity contribution in [1.29, 1.82) is 0 Å². The quantitative estimate of drug-likeness (QED) is 0.619. The van der Waals surface area contributed by atoms with Gasteiger partial charge in [0.2, 0.25) is 0 Å². The van der Waals surface area contributed by atoms with Gasteiger partial charge < -0.3 is 4.74 Å². The number of aliphatic imine (C=N–C) groups is 1. The SMILES string of the molecule is COC(=N[C@H]1CCCc2ccccc21)NC(=O)c1ccc(C(F)(F)F)cc1. The molecule has 0 saturated carbocycles. The largest absolute Gasteiger partial charge is 0.468 e. The number of nitrogens with zero attached hydrogens (tertiary/aromatic N) is 1. The number of amides is 1. The fourth-order valence-corrected chi connectivity index (χ4v) is 3.12. The molecular formula is C20H19F3N2O2. The molecular weight excluding hydrogens is 357 g/mol. The van der Waals surface area contributed by atoms with Gasteiger partial charge in [-0.1, -0.05) is 24.3 Å². The van der Waals surface area contributed by atoms with Crippen LogP contribution in [0, 0.1) is 0 Å². The van der Waals surface area contributed by atoms with E-state index in [-0.39, 0.29) is 17.6 Å². The molecule has 2 aromatic rings. The predicted octanol–water partition coefficient (Wildman–Crippen LogP) is 4.52. The first-order valence-corrected chi connectivity index (χ1v) is 8.56. The first kappa shape index (κ1) is 18.9. The predicted molar refractivity (Wildman–Crippen MR) is 95.5 cm³/mol. The number of ether oxygens (including phenoxy) is 1. The number of nitrogens with one attached hydrogen (secondary N) is 1. The summed E-state index contributed by atoms with van der Waals surface area (Å²) in [5, 5.41) is 2.53. The number of fused-ring (bicyclic) bond motifs is 1. The molecule has 0 heterocycles. The Morgan fingerprint density at radius 3 is 2.52 bits per heavy atom. The summed E-state index contributed by atoms with van der Waals surface area (Å²) >= 11 is 0. The molecule has 1 amide bonds. The van der Waals surface area contributed by atoms with Gasteiger partial charge in [-0.05, 0) is 54.7 Å². The van der Waals surface area contributed by atoms with E-state index in [1.54, 1.807) is 0 Å². The van der Waals surface area contributed by atoms with Gasteiger partial charge in [-0.25, -0.2) is 4.99 Å². The van der Waals surface area contributed by atoms with Crippen LogP contribution in [-0.2, 0) is 17.3 Å². The summed E-state index contributed by atoms with van der Waals surface area (Å²) in [4.78, 5) is 16.8. The number of benzene rings is 2. The Labute approximate surface area is 155 Å². The molecule has 2 aromatic carbocycles. The van der Waals surface area contributed by atoms with E-state index in [0.29, 0.717) is 0 Å². The van der Waals surface area contributed by atoms with E-state index in [9.17, 15) is 18.0 Å². The minimum atomic E-state index is -4.44. The Hall–Kier alpha value is -2.83. The van der Waals surface area contributed by atoms with Crippen molar-refractivity contribution >= 4 is 11.9 Å². The third-order valence-electron chi connectivity index (χ3n) is 4.50. The fraction of sp³-hybridized carbons (Fsp3) is 0.300. The molecule has 0 radical (unpaired) electrons. The van der Waals surface area contributed by atoms with E-state index in [1.807, 2.05) is 18.2 Å². The summed E-state index contributed by atoms with van der Waals surface area (Å²) in [5.74, 6) is -0.576. The van der Waals surface area contributed by atoms with Crippen molar-refractivity contribution in [2.75, 3.05) is 7.11 Å². The molecule has 27 heavy (non-hydrogen) atoms. The van der Waals surface area contributed by atoms with Crippen molar-refractivity contribution in [3.63, 3.8) is 0 Å². The number of halogens is 3. The van der Waals surface area contributed by atoms with Crippen LogP contribution in [0.15, 0.2) is 53.5 Å². The Morgan fingerprint density at radius 2 is 1.85 bits per heavy atom. The molecule has 4 nitrogen and oxygen atoms in total. The van der Waals surface area contributed by atoms with Crippen molar-refractivity contribution in [2.45, 2.75) is 31.5 Å². The maximum absolute atomic E-state index is 12.6. The van der Waals surface area contributed by atoms with E-state index in [2.05, 4.69) is 16.4 Å². The zero-order valence-electron chi connectivity index (χ0n) is 14.7. The molecule has 1 N–H and O–H groups in total. The molecule has 0 unspecified atom stereocenters. The molecule has 0 bridgehead atoms. The number of methoxy groups -OCH3 is 1. The highest BCUT2D eigenvalue weighted by molar-refractivity contribution is 6.04.